The van der Waals surface area contributed by atoms with Crippen LogP contribution in [0.5, 0.6) is 11.5 Å². The van der Waals surface area contributed by atoms with Gasteiger partial charge in [0.25, 0.3) is 0 Å². The number of hydrogen-bond acceptors (Lipinski definition) is 3. The van der Waals surface area contributed by atoms with Crippen LogP contribution >= 0.6 is 0 Å². The molecule has 98 valence electrons. The van der Waals surface area contributed by atoms with Gasteiger partial charge in [-0.15, -0.1) is 0 Å². The van der Waals surface area contributed by atoms with Crippen molar-refractivity contribution in [2.45, 2.75) is 6.42 Å². The first-order valence-electron chi connectivity index (χ1n) is 5.75. The Morgan fingerprint density at radius 1 is 1.21 bits per heavy atom. The quantitative estimate of drug-likeness (QED) is 0.860. The SMILES string of the molecule is COc1cccc(F)c1C(=O)Cc1ccc(O)cc1. The Labute approximate surface area is 110 Å². The molecule has 0 aliphatic rings. The summed E-state index contributed by atoms with van der Waals surface area (Å²) >= 11 is 0. The van der Waals surface area contributed by atoms with Crippen LogP contribution in [0.2, 0.25) is 0 Å². The Hall–Kier alpha value is -2.36. The highest BCUT2D eigenvalue weighted by molar-refractivity contribution is 6.00. The second-order valence-corrected chi connectivity index (χ2v) is 4.08. The van der Waals surface area contributed by atoms with E-state index in [-0.39, 0.29) is 29.3 Å². The largest absolute Gasteiger partial charge is 0.508 e. The lowest BCUT2D eigenvalue weighted by Crippen LogP contribution is -2.08. The molecule has 0 bridgehead atoms. The Bertz CT molecular complexity index is 591. The number of phenols is 1. The molecule has 0 amide bonds. The predicted octanol–water partition coefficient (Wildman–Crippen LogP) is 2.97. The van der Waals surface area contributed by atoms with Gasteiger partial charge in [0.05, 0.1) is 12.7 Å². The number of carbonyl (C=O) groups is 1. The molecule has 2 aromatic carbocycles. The second-order valence-electron chi connectivity index (χ2n) is 4.08. The minimum Gasteiger partial charge on any atom is -0.508 e. The number of Topliss-reactive ketones (excluding diaryl/α,β-unsaturated/α-hetero) is 1. The van der Waals surface area contributed by atoms with E-state index in [0.29, 0.717) is 5.56 Å². The van der Waals surface area contributed by atoms with Crippen molar-refractivity contribution in [2.75, 3.05) is 7.11 Å². The molecule has 0 aliphatic carbocycles. The van der Waals surface area contributed by atoms with Gasteiger partial charge < -0.3 is 9.84 Å². The molecular formula is C15H13FO3. The zero-order chi connectivity index (χ0) is 13.8. The van der Waals surface area contributed by atoms with Crippen molar-refractivity contribution in [1.82, 2.24) is 0 Å². The highest BCUT2D eigenvalue weighted by Crippen LogP contribution is 2.23. The summed E-state index contributed by atoms with van der Waals surface area (Å²) in [7, 11) is 1.39. The van der Waals surface area contributed by atoms with Gasteiger partial charge in [0, 0.05) is 6.42 Å². The highest BCUT2D eigenvalue weighted by atomic mass is 19.1. The third-order valence-corrected chi connectivity index (χ3v) is 2.78. The summed E-state index contributed by atoms with van der Waals surface area (Å²) in [5.74, 6) is -0.604. The molecule has 0 heterocycles. The molecule has 0 saturated carbocycles. The van der Waals surface area contributed by atoms with Crippen molar-refractivity contribution in [1.29, 1.82) is 0 Å². The first-order chi connectivity index (χ1) is 9.11. The fourth-order valence-corrected chi connectivity index (χ4v) is 1.83. The fourth-order valence-electron chi connectivity index (χ4n) is 1.83. The number of aromatic hydroxyl groups is 1. The lowest BCUT2D eigenvalue weighted by Gasteiger charge is -2.08. The van der Waals surface area contributed by atoms with Crippen molar-refractivity contribution < 1.29 is 19.0 Å². The van der Waals surface area contributed by atoms with Gasteiger partial charge in [-0.05, 0) is 29.8 Å². The van der Waals surface area contributed by atoms with Gasteiger partial charge in [0.2, 0.25) is 0 Å². The van der Waals surface area contributed by atoms with Gasteiger partial charge in [-0.1, -0.05) is 18.2 Å². The highest BCUT2D eigenvalue weighted by Gasteiger charge is 2.17. The number of phenolic OH excluding ortho intramolecular Hbond substituents is 1. The molecule has 4 heteroatoms. The summed E-state index contributed by atoms with van der Waals surface area (Å²) in [6.45, 7) is 0. The van der Waals surface area contributed by atoms with Crippen LogP contribution in [0.15, 0.2) is 42.5 Å². The summed E-state index contributed by atoms with van der Waals surface area (Å²) in [5, 5.41) is 9.17. The van der Waals surface area contributed by atoms with E-state index in [1.807, 2.05) is 0 Å². The van der Waals surface area contributed by atoms with E-state index in [9.17, 15) is 9.18 Å². The smallest absolute Gasteiger partial charge is 0.173 e. The fraction of sp³-hybridized carbons (Fsp3) is 0.133. The maximum atomic E-state index is 13.7. The molecule has 19 heavy (non-hydrogen) atoms. The van der Waals surface area contributed by atoms with E-state index < -0.39 is 5.82 Å². The summed E-state index contributed by atoms with van der Waals surface area (Å²) in [6, 6.07) is 10.5. The average molecular weight is 260 g/mol. The van der Waals surface area contributed by atoms with Crippen LogP contribution in [0.1, 0.15) is 15.9 Å². The van der Waals surface area contributed by atoms with Crippen LogP contribution in [-0.2, 0) is 6.42 Å². The van der Waals surface area contributed by atoms with Gasteiger partial charge in [-0.3, -0.25) is 4.79 Å². The summed E-state index contributed by atoms with van der Waals surface area (Å²) in [5.41, 5.74) is 0.659. The molecule has 0 unspecified atom stereocenters. The van der Waals surface area contributed by atoms with E-state index >= 15 is 0 Å². The van der Waals surface area contributed by atoms with Crippen molar-refractivity contribution in [2.24, 2.45) is 0 Å². The van der Waals surface area contributed by atoms with Crippen LogP contribution in [0, 0.1) is 5.82 Å². The van der Waals surface area contributed by atoms with Gasteiger partial charge in [-0.2, -0.15) is 0 Å². The van der Waals surface area contributed by atoms with Crippen molar-refractivity contribution in [3.8, 4) is 11.5 Å². The molecule has 2 rings (SSSR count). The Balaban J connectivity index is 2.27. The number of halogens is 1. The molecule has 0 fully saturated rings. The molecule has 0 aromatic heterocycles. The third-order valence-electron chi connectivity index (χ3n) is 2.78. The van der Waals surface area contributed by atoms with Crippen molar-refractivity contribution >= 4 is 5.78 Å². The molecule has 0 saturated heterocycles. The van der Waals surface area contributed by atoms with E-state index in [1.54, 1.807) is 18.2 Å². The average Bonchev–Trinajstić information content (AvgIpc) is 2.40. The van der Waals surface area contributed by atoms with Crippen LogP contribution in [0.25, 0.3) is 0 Å². The van der Waals surface area contributed by atoms with Crippen LogP contribution in [0.4, 0.5) is 4.39 Å². The maximum Gasteiger partial charge on any atom is 0.173 e. The first-order valence-corrected chi connectivity index (χ1v) is 5.75. The number of ether oxygens (including phenoxy) is 1. The summed E-state index contributed by atoms with van der Waals surface area (Å²) in [4.78, 5) is 12.1. The van der Waals surface area contributed by atoms with Crippen LogP contribution < -0.4 is 4.74 Å². The molecule has 0 radical (unpaired) electrons. The van der Waals surface area contributed by atoms with Gasteiger partial charge in [0.1, 0.15) is 17.3 Å². The topological polar surface area (TPSA) is 46.5 Å². The lowest BCUT2D eigenvalue weighted by atomic mass is 10.0. The molecular weight excluding hydrogens is 247 g/mol. The zero-order valence-corrected chi connectivity index (χ0v) is 10.4. The number of hydrogen-bond donors (Lipinski definition) is 1. The Morgan fingerprint density at radius 3 is 2.53 bits per heavy atom. The minimum atomic E-state index is -0.594. The first kappa shape index (κ1) is 13.1. The number of rotatable bonds is 4. The predicted molar refractivity (Wildman–Crippen MR) is 69.1 cm³/mol. The van der Waals surface area contributed by atoms with E-state index in [4.69, 9.17) is 9.84 Å². The molecule has 0 aliphatic heterocycles. The number of methoxy groups -OCH3 is 1. The summed E-state index contributed by atoms with van der Waals surface area (Å²) < 4.78 is 18.7. The maximum absolute atomic E-state index is 13.7. The molecule has 2 aromatic rings. The molecule has 3 nitrogen and oxygen atoms in total. The van der Waals surface area contributed by atoms with E-state index in [0.717, 1.165) is 0 Å². The normalized spacial score (nSPS) is 10.2. The monoisotopic (exact) mass is 260 g/mol. The van der Waals surface area contributed by atoms with Gasteiger partial charge >= 0.3 is 0 Å². The molecule has 0 spiro atoms. The van der Waals surface area contributed by atoms with Crippen LogP contribution in [0.3, 0.4) is 0 Å². The minimum absolute atomic E-state index is 0.0434. The lowest BCUT2D eigenvalue weighted by molar-refractivity contribution is 0.0986. The molecule has 0 atom stereocenters. The number of ketones is 1. The standard InChI is InChI=1S/C15H13FO3/c1-19-14-4-2-3-12(16)15(14)13(18)9-10-5-7-11(17)8-6-10/h2-8,17H,9H2,1H3. The molecule has 1 N–H and O–H groups in total. The second kappa shape index (κ2) is 5.52. The summed E-state index contributed by atoms with van der Waals surface area (Å²) in [6.07, 6.45) is 0.0531. The van der Waals surface area contributed by atoms with E-state index in [1.165, 1.54) is 31.4 Å². The Morgan fingerprint density at radius 2 is 1.89 bits per heavy atom. The third kappa shape index (κ3) is 2.91. The van der Waals surface area contributed by atoms with Crippen molar-refractivity contribution in [3.63, 3.8) is 0 Å². The van der Waals surface area contributed by atoms with Gasteiger partial charge in [-0.25, -0.2) is 4.39 Å². The zero-order valence-electron chi connectivity index (χ0n) is 10.4. The Kier molecular flexibility index (Phi) is 3.80. The van der Waals surface area contributed by atoms with Crippen molar-refractivity contribution in [3.05, 3.63) is 59.4 Å². The van der Waals surface area contributed by atoms with Crippen LogP contribution in [-0.4, -0.2) is 18.0 Å². The number of benzene rings is 2. The van der Waals surface area contributed by atoms with E-state index in [2.05, 4.69) is 0 Å². The van der Waals surface area contributed by atoms with Gasteiger partial charge in [0.15, 0.2) is 5.78 Å². The number of carbonyl (C=O) groups excluding carboxylic acids is 1.